The molecular weight excluding hydrogens is 418 g/mol. The van der Waals surface area contributed by atoms with E-state index in [1.165, 1.54) is 5.56 Å². The van der Waals surface area contributed by atoms with Gasteiger partial charge >= 0.3 is 0 Å². The van der Waals surface area contributed by atoms with Gasteiger partial charge in [0.05, 0.1) is 18.2 Å². The van der Waals surface area contributed by atoms with Crippen LogP contribution in [0.3, 0.4) is 0 Å². The van der Waals surface area contributed by atoms with Crippen molar-refractivity contribution in [1.82, 2.24) is 20.2 Å². The van der Waals surface area contributed by atoms with Gasteiger partial charge in [0.25, 0.3) is 0 Å². The smallest absolute Gasteiger partial charge is 0.239 e. The van der Waals surface area contributed by atoms with E-state index in [1.54, 1.807) is 11.0 Å². The Morgan fingerprint density at radius 1 is 1.21 bits per heavy atom. The van der Waals surface area contributed by atoms with Gasteiger partial charge < -0.3 is 31.1 Å². The third-order valence-electron chi connectivity index (χ3n) is 6.58. The molecule has 2 aliphatic rings. The normalized spacial score (nSPS) is 22.8. The van der Waals surface area contributed by atoms with Crippen molar-refractivity contribution in [3.63, 3.8) is 0 Å². The first kappa shape index (κ1) is 23.7. The first-order valence-corrected chi connectivity index (χ1v) is 11.8. The Morgan fingerprint density at radius 3 is 2.48 bits per heavy atom. The molecule has 2 fully saturated rings. The maximum absolute atomic E-state index is 10.3. The van der Waals surface area contributed by atoms with Crippen LogP contribution in [0.4, 0.5) is 17.6 Å². The number of nitrogen functional groups attached to an aromatic ring is 1. The van der Waals surface area contributed by atoms with Crippen LogP contribution in [-0.2, 0) is 4.74 Å². The molecule has 3 atom stereocenters. The van der Waals surface area contributed by atoms with E-state index in [-0.39, 0.29) is 6.04 Å². The van der Waals surface area contributed by atoms with Gasteiger partial charge in [-0.25, -0.2) is 0 Å². The van der Waals surface area contributed by atoms with Crippen molar-refractivity contribution in [2.75, 3.05) is 48.7 Å². The van der Waals surface area contributed by atoms with Gasteiger partial charge in [-0.3, -0.25) is 4.90 Å². The van der Waals surface area contributed by atoms with E-state index in [0.717, 1.165) is 38.2 Å². The predicted molar refractivity (Wildman–Crippen MR) is 131 cm³/mol. The summed E-state index contributed by atoms with van der Waals surface area (Å²) in [6.07, 6.45) is 0.0319. The second-order valence-electron chi connectivity index (χ2n) is 9.54. The number of aliphatic hydroxyl groups excluding tert-OH is 1. The Kier molecular flexibility index (Phi) is 7.04. The Hall–Kier alpha value is -2.46. The minimum absolute atomic E-state index is 0.0132. The number of hydrogen-bond acceptors (Lipinski definition) is 9. The molecule has 0 aliphatic carbocycles. The lowest BCUT2D eigenvalue weighted by atomic mass is 9.98. The van der Waals surface area contributed by atoms with E-state index in [1.807, 2.05) is 13.8 Å². The maximum atomic E-state index is 10.3. The number of nitrogens with zero attached hydrogens (tertiary/aromatic N) is 4. The van der Waals surface area contributed by atoms with E-state index in [4.69, 9.17) is 10.5 Å². The number of rotatable bonds is 7. The summed E-state index contributed by atoms with van der Waals surface area (Å²) in [4.78, 5) is 13.3. The van der Waals surface area contributed by atoms with Gasteiger partial charge in [0.15, 0.2) is 0 Å². The number of aliphatic hydroxyl groups is 1. The molecule has 1 aromatic heterocycles. The van der Waals surface area contributed by atoms with Crippen LogP contribution in [0.5, 0.6) is 0 Å². The third-order valence-corrected chi connectivity index (χ3v) is 6.58. The van der Waals surface area contributed by atoms with E-state index in [2.05, 4.69) is 63.6 Å². The molecule has 0 saturated carbocycles. The van der Waals surface area contributed by atoms with Gasteiger partial charge in [-0.2, -0.15) is 9.97 Å². The fourth-order valence-electron chi connectivity index (χ4n) is 4.77. The van der Waals surface area contributed by atoms with Crippen LogP contribution in [-0.4, -0.2) is 64.7 Å². The zero-order valence-corrected chi connectivity index (χ0v) is 20.1. The minimum atomic E-state index is -1.06. The lowest BCUT2D eigenvalue weighted by Gasteiger charge is -2.35. The number of piperazine rings is 1. The number of ether oxygens (including phenoxy) is 1. The van der Waals surface area contributed by atoms with Crippen molar-refractivity contribution in [1.29, 1.82) is 0 Å². The minimum Gasteiger partial charge on any atom is -0.383 e. The summed E-state index contributed by atoms with van der Waals surface area (Å²) in [6, 6.07) is 10.9. The Bertz CT molecular complexity index is 931. The highest BCUT2D eigenvalue weighted by molar-refractivity contribution is 5.54. The lowest BCUT2D eigenvalue weighted by molar-refractivity contribution is -0.0580. The van der Waals surface area contributed by atoms with Crippen molar-refractivity contribution in [2.45, 2.75) is 58.2 Å². The highest BCUT2D eigenvalue weighted by Gasteiger charge is 2.41. The average Bonchev–Trinajstić information content (AvgIpc) is 3.07. The molecule has 180 valence electrons. The number of hydrogen-bond donors (Lipinski definition) is 4. The fourth-order valence-corrected chi connectivity index (χ4v) is 4.77. The molecular formula is C24H37N7O2. The Morgan fingerprint density at radius 2 is 1.88 bits per heavy atom. The number of benzene rings is 1. The topological polar surface area (TPSA) is 112 Å². The van der Waals surface area contributed by atoms with Crippen molar-refractivity contribution >= 4 is 17.6 Å². The maximum Gasteiger partial charge on any atom is 0.239 e. The molecule has 2 aliphatic heterocycles. The van der Waals surface area contributed by atoms with Crippen molar-refractivity contribution in [3.8, 4) is 0 Å². The first-order valence-electron chi connectivity index (χ1n) is 11.8. The summed E-state index contributed by atoms with van der Waals surface area (Å²) >= 11 is 0. The van der Waals surface area contributed by atoms with Crippen LogP contribution >= 0.6 is 0 Å². The zero-order chi connectivity index (χ0) is 23.6. The molecule has 9 nitrogen and oxygen atoms in total. The van der Waals surface area contributed by atoms with Crippen LogP contribution in [0.15, 0.2) is 30.3 Å². The molecule has 0 radical (unpaired) electrons. The quantitative estimate of drug-likeness (QED) is 0.500. The van der Waals surface area contributed by atoms with Gasteiger partial charge in [-0.05, 0) is 38.3 Å². The molecule has 1 aromatic carbocycles. The van der Waals surface area contributed by atoms with E-state index in [9.17, 15) is 5.11 Å². The third kappa shape index (κ3) is 5.22. The van der Waals surface area contributed by atoms with E-state index in [0.29, 0.717) is 30.2 Å². The molecule has 0 bridgehead atoms. The molecule has 4 rings (SSSR count). The number of nitrogens with two attached hydrogens (primary N) is 1. The number of nitrogens with one attached hydrogen (secondary N) is 2. The van der Waals surface area contributed by atoms with Gasteiger partial charge in [0.1, 0.15) is 11.6 Å². The number of aromatic nitrogens is 2. The summed E-state index contributed by atoms with van der Waals surface area (Å²) in [5.74, 6) is 1.29. The second kappa shape index (κ2) is 9.80. The summed E-state index contributed by atoms with van der Waals surface area (Å²) in [7, 11) is 0. The number of anilines is 3. The van der Waals surface area contributed by atoms with Crippen molar-refractivity contribution in [2.24, 2.45) is 0 Å². The molecule has 0 spiro atoms. The zero-order valence-electron chi connectivity index (χ0n) is 20.1. The van der Waals surface area contributed by atoms with Crippen LogP contribution < -0.4 is 21.3 Å². The largest absolute Gasteiger partial charge is 0.383 e. The molecule has 2 aromatic rings. The lowest BCUT2D eigenvalue weighted by Crippen LogP contribution is -2.45. The SMILES string of the molecule is CCC(c1ccc([C@H](C)Nc2nc(N)cc(N3C(O)OCC3(C)C)n2)cc1)N1CCNCC1. The first-order chi connectivity index (χ1) is 15.8. The molecule has 2 saturated heterocycles. The van der Waals surface area contributed by atoms with Gasteiger partial charge in [0.2, 0.25) is 12.4 Å². The molecule has 5 N–H and O–H groups in total. The van der Waals surface area contributed by atoms with Gasteiger partial charge in [-0.1, -0.05) is 31.2 Å². The van der Waals surface area contributed by atoms with Gasteiger partial charge in [-0.15, -0.1) is 0 Å². The van der Waals surface area contributed by atoms with Crippen molar-refractivity contribution < 1.29 is 9.84 Å². The van der Waals surface area contributed by atoms with Crippen LogP contribution in [0.2, 0.25) is 0 Å². The monoisotopic (exact) mass is 455 g/mol. The highest BCUT2D eigenvalue weighted by Crippen LogP contribution is 2.32. The van der Waals surface area contributed by atoms with Crippen molar-refractivity contribution in [3.05, 3.63) is 41.5 Å². The van der Waals surface area contributed by atoms with Crippen LogP contribution in [0.1, 0.15) is 57.3 Å². The van der Waals surface area contributed by atoms with Crippen LogP contribution in [0, 0.1) is 0 Å². The molecule has 9 heteroatoms. The molecule has 33 heavy (non-hydrogen) atoms. The highest BCUT2D eigenvalue weighted by atomic mass is 16.6. The van der Waals surface area contributed by atoms with Gasteiger partial charge in [0, 0.05) is 38.3 Å². The average molecular weight is 456 g/mol. The second-order valence-corrected chi connectivity index (χ2v) is 9.54. The summed E-state index contributed by atoms with van der Waals surface area (Å²) in [5, 5.41) is 17.1. The molecule has 0 amide bonds. The van der Waals surface area contributed by atoms with Crippen LogP contribution in [0.25, 0.3) is 0 Å². The summed E-state index contributed by atoms with van der Waals surface area (Å²) in [6.45, 7) is 13.0. The fraction of sp³-hybridized carbons (Fsp3) is 0.583. The molecule has 3 heterocycles. The Labute approximate surface area is 196 Å². The predicted octanol–water partition coefficient (Wildman–Crippen LogP) is 2.48. The Balaban J connectivity index is 1.48. The van der Waals surface area contributed by atoms with E-state index >= 15 is 0 Å². The molecule has 2 unspecified atom stereocenters. The van der Waals surface area contributed by atoms with E-state index < -0.39 is 12.0 Å². The standard InChI is InChI=1S/C24H37N7O2/c1-5-19(30-12-10-26-11-13-30)18-8-6-17(7-9-18)16(2)27-22-28-20(25)14-21(29-22)31-23(32)33-15-24(31,3)4/h6-9,14,16,19,23,26,32H,5,10-13,15H2,1-4H3,(H3,25,27,28,29)/t16-,19?,23?/m0/s1. The summed E-state index contributed by atoms with van der Waals surface area (Å²) in [5.41, 5.74) is 8.16. The summed E-state index contributed by atoms with van der Waals surface area (Å²) < 4.78 is 5.40.